The quantitative estimate of drug-likeness (QED) is 0.536. The molecule has 1 aliphatic rings. The van der Waals surface area contributed by atoms with Gasteiger partial charge in [0.15, 0.2) is 0 Å². The molecule has 1 amide bonds. The molecule has 1 N–H and O–H groups in total. The van der Waals surface area contributed by atoms with Gasteiger partial charge < -0.3 is 14.8 Å². The van der Waals surface area contributed by atoms with Crippen LogP contribution in [0.25, 0.3) is 0 Å². The van der Waals surface area contributed by atoms with Gasteiger partial charge in [0.2, 0.25) is 5.91 Å². The minimum absolute atomic E-state index is 0.0691. The number of rotatable bonds is 7. The van der Waals surface area contributed by atoms with Crippen molar-refractivity contribution in [3.63, 3.8) is 0 Å². The van der Waals surface area contributed by atoms with E-state index in [1.54, 1.807) is 13.0 Å². The number of methoxy groups -OCH3 is 1. The number of amides is 1. The fourth-order valence-electron chi connectivity index (χ4n) is 3.88. The average molecular weight is 420 g/mol. The number of ether oxygens (including phenoxy) is 2. The summed E-state index contributed by atoms with van der Waals surface area (Å²) in [6.07, 6.45) is 3.54. The Kier molecular flexibility index (Phi) is 8.55. The first-order valence-electron chi connectivity index (χ1n) is 10.1. The molecule has 158 valence electrons. The predicted molar refractivity (Wildman–Crippen MR) is 114 cm³/mol. The first-order valence-corrected chi connectivity index (χ1v) is 10.5. The first-order chi connectivity index (χ1) is 13.8. The van der Waals surface area contributed by atoms with E-state index in [1.807, 2.05) is 19.9 Å². The second kappa shape index (κ2) is 10.7. The van der Waals surface area contributed by atoms with E-state index in [1.165, 1.54) is 7.11 Å². The van der Waals surface area contributed by atoms with E-state index in [0.29, 0.717) is 24.5 Å². The number of benzene rings is 1. The van der Waals surface area contributed by atoms with Crippen LogP contribution in [0, 0.1) is 18.8 Å². The van der Waals surface area contributed by atoms with Crippen molar-refractivity contribution in [1.29, 1.82) is 0 Å². The normalized spacial score (nSPS) is 21.1. The van der Waals surface area contributed by atoms with Gasteiger partial charge in [0.25, 0.3) is 0 Å². The van der Waals surface area contributed by atoms with Crippen molar-refractivity contribution in [3.05, 3.63) is 33.8 Å². The fourth-order valence-corrected chi connectivity index (χ4v) is 4.22. The maximum absolute atomic E-state index is 12.9. The summed E-state index contributed by atoms with van der Waals surface area (Å²) in [6, 6.07) is 3.68. The zero-order valence-corrected chi connectivity index (χ0v) is 18.4. The molecule has 29 heavy (non-hydrogen) atoms. The van der Waals surface area contributed by atoms with Crippen LogP contribution in [-0.2, 0) is 25.5 Å². The number of halogens is 1. The second-order valence-electron chi connectivity index (χ2n) is 7.52. The van der Waals surface area contributed by atoms with Crippen LogP contribution in [0.15, 0.2) is 12.1 Å². The van der Waals surface area contributed by atoms with Crippen molar-refractivity contribution in [2.45, 2.75) is 70.9 Å². The predicted octanol–water partition coefficient (Wildman–Crippen LogP) is 3.96. The van der Waals surface area contributed by atoms with Gasteiger partial charge in [-0.2, -0.15) is 0 Å². The summed E-state index contributed by atoms with van der Waals surface area (Å²) in [7, 11) is 1.35. The molecule has 0 aromatic heterocycles. The van der Waals surface area contributed by atoms with Crippen molar-refractivity contribution in [1.82, 2.24) is 5.32 Å². The van der Waals surface area contributed by atoms with Crippen LogP contribution in [0.2, 0.25) is 5.02 Å². The van der Waals surface area contributed by atoms with Gasteiger partial charge in [-0.1, -0.05) is 24.4 Å². The molecule has 0 bridgehead atoms. The summed E-state index contributed by atoms with van der Waals surface area (Å²) >= 11 is 6.40. The van der Waals surface area contributed by atoms with Crippen LogP contribution in [0.5, 0.6) is 0 Å². The van der Waals surface area contributed by atoms with Crippen molar-refractivity contribution >= 4 is 23.5 Å². The summed E-state index contributed by atoms with van der Waals surface area (Å²) in [6.45, 7) is 6.35. The molecule has 1 aromatic carbocycles. The Hall–Kier alpha value is -2.03. The number of aryl methyl sites for hydroxylation is 1. The number of hydrogen-bond acceptors (Lipinski definition) is 4. The SMILES string of the molecule is CC#Cc1cc(C)c(CC(=O)NC2(C(=O)OC)CCCC(OCCC)C2)c(Cl)c1. The van der Waals surface area contributed by atoms with Gasteiger partial charge >= 0.3 is 5.97 Å². The minimum atomic E-state index is -1.06. The topological polar surface area (TPSA) is 64.6 Å². The highest BCUT2D eigenvalue weighted by molar-refractivity contribution is 6.31. The van der Waals surface area contributed by atoms with Crippen LogP contribution < -0.4 is 5.32 Å². The highest BCUT2D eigenvalue weighted by Gasteiger charge is 2.45. The number of nitrogens with one attached hydrogen (secondary N) is 1. The number of hydrogen-bond donors (Lipinski definition) is 1. The van der Waals surface area contributed by atoms with Crippen LogP contribution in [0.1, 0.15) is 62.6 Å². The molecule has 1 saturated carbocycles. The molecule has 1 aromatic rings. The Morgan fingerprint density at radius 2 is 2.14 bits per heavy atom. The largest absolute Gasteiger partial charge is 0.467 e. The summed E-state index contributed by atoms with van der Waals surface area (Å²) in [5.74, 6) is 5.14. The van der Waals surface area contributed by atoms with E-state index in [4.69, 9.17) is 21.1 Å². The molecule has 1 fully saturated rings. The van der Waals surface area contributed by atoms with Crippen molar-refractivity contribution < 1.29 is 19.1 Å². The molecule has 2 rings (SSSR count). The molecule has 0 spiro atoms. The maximum atomic E-state index is 12.9. The van der Waals surface area contributed by atoms with Crippen LogP contribution >= 0.6 is 11.6 Å². The van der Waals surface area contributed by atoms with Crippen molar-refractivity contribution in [2.24, 2.45) is 0 Å². The maximum Gasteiger partial charge on any atom is 0.331 e. The molecule has 1 aliphatic carbocycles. The Labute approximate surface area is 178 Å². The molecule has 0 radical (unpaired) electrons. The van der Waals surface area contributed by atoms with E-state index in [2.05, 4.69) is 17.2 Å². The average Bonchev–Trinajstić information content (AvgIpc) is 2.69. The van der Waals surface area contributed by atoms with Crippen LogP contribution in [0.4, 0.5) is 0 Å². The van der Waals surface area contributed by atoms with E-state index in [0.717, 1.165) is 36.0 Å². The molecule has 6 heteroatoms. The lowest BCUT2D eigenvalue weighted by molar-refractivity contribution is -0.155. The molecule has 0 heterocycles. The Morgan fingerprint density at radius 3 is 2.76 bits per heavy atom. The van der Waals surface area contributed by atoms with Crippen LogP contribution in [-0.4, -0.2) is 37.2 Å². The number of carbonyl (C=O) groups is 2. The third-order valence-electron chi connectivity index (χ3n) is 5.24. The van der Waals surface area contributed by atoms with E-state index in [-0.39, 0.29) is 18.4 Å². The third kappa shape index (κ3) is 5.98. The standard InChI is InChI=1S/C23H30ClNO4/c1-5-8-17-12-16(3)19(20(24)13-17)14-21(26)25-23(22(27)28-4)10-7-9-18(15-23)29-11-6-2/h12-13,18H,6-7,9-11,14-15H2,1-4H3,(H,25,26). The molecule has 5 nitrogen and oxygen atoms in total. The monoisotopic (exact) mass is 419 g/mol. The van der Waals surface area contributed by atoms with Crippen LogP contribution in [0.3, 0.4) is 0 Å². The summed E-state index contributed by atoms with van der Waals surface area (Å²) in [4.78, 5) is 25.5. The fraction of sp³-hybridized carbons (Fsp3) is 0.565. The van der Waals surface area contributed by atoms with Gasteiger partial charge in [-0.3, -0.25) is 4.79 Å². The molecule has 0 saturated heterocycles. The lowest BCUT2D eigenvalue weighted by Gasteiger charge is -2.39. The second-order valence-corrected chi connectivity index (χ2v) is 7.92. The van der Waals surface area contributed by atoms with Gasteiger partial charge in [0.1, 0.15) is 5.54 Å². The highest BCUT2D eigenvalue weighted by Crippen LogP contribution is 2.32. The molecular weight excluding hydrogens is 390 g/mol. The zero-order chi connectivity index (χ0) is 21.4. The molecular formula is C23H30ClNO4. The molecule has 2 unspecified atom stereocenters. The number of carbonyl (C=O) groups excluding carboxylic acids is 2. The summed E-state index contributed by atoms with van der Waals surface area (Å²) < 4.78 is 10.9. The number of esters is 1. The van der Waals surface area contributed by atoms with Crippen molar-refractivity contribution in [3.8, 4) is 11.8 Å². The first kappa shape index (κ1) is 23.3. The Morgan fingerprint density at radius 1 is 1.38 bits per heavy atom. The van der Waals surface area contributed by atoms with E-state index < -0.39 is 11.5 Å². The van der Waals surface area contributed by atoms with E-state index >= 15 is 0 Å². The molecule has 2 atom stereocenters. The minimum Gasteiger partial charge on any atom is -0.467 e. The van der Waals surface area contributed by atoms with Gasteiger partial charge in [-0.15, -0.1) is 5.92 Å². The van der Waals surface area contributed by atoms with Gasteiger partial charge in [-0.05, 0) is 62.8 Å². The van der Waals surface area contributed by atoms with Gasteiger partial charge in [0.05, 0.1) is 19.6 Å². The lowest BCUT2D eigenvalue weighted by atomic mass is 9.79. The molecule has 0 aliphatic heterocycles. The third-order valence-corrected chi connectivity index (χ3v) is 5.58. The summed E-state index contributed by atoms with van der Waals surface area (Å²) in [5, 5.41) is 3.45. The highest BCUT2D eigenvalue weighted by atomic mass is 35.5. The van der Waals surface area contributed by atoms with Gasteiger partial charge in [-0.25, -0.2) is 4.79 Å². The van der Waals surface area contributed by atoms with Crippen molar-refractivity contribution in [2.75, 3.05) is 13.7 Å². The van der Waals surface area contributed by atoms with Gasteiger partial charge in [0, 0.05) is 23.6 Å². The smallest absolute Gasteiger partial charge is 0.331 e. The summed E-state index contributed by atoms with van der Waals surface area (Å²) in [5.41, 5.74) is 1.38. The van der Waals surface area contributed by atoms with E-state index in [9.17, 15) is 9.59 Å². The lowest BCUT2D eigenvalue weighted by Crippen LogP contribution is -2.59. The Balaban J connectivity index is 2.18. The Bertz CT molecular complexity index is 788. The zero-order valence-electron chi connectivity index (χ0n) is 17.7.